The molecule has 0 saturated carbocycles. The van der Waals surface area contributed by atoms with Gasteiger partial charge in [-0.15, -0.1) is 0 Å². The molecule has 0 radical (unpaired) electrons. The van der Waals surface area contributed by atoms with Gasteiger partial charge in [0.2, 0.25) is 0 Å². The van der Waals surface area contributed by atoms with Gasteiger partial charge in [-0.05, 0) is 41.5 Å². The lowest BCUT2D eigenvalue weighted by molar-refractivity contribution is -0.119. The first-order valence-corrected chi connectivity index (χ1v) is 8.00. The molecule has 0 aliphatic rings. The molecular weight excluding hydrogens is 333 g/mol. The summed E-state index contributed by atoms with van der Waals surface area (Å²) in [6.45, 7) is -0.431. The zero-order valence-electron chi connectivity index (χ0n) is 13.8. The van der Waals surface area contributed by atoms with Crippen LogP contribution in [-0.2, 0) is 9.53 Å². The molecule has 0 spiro atoms. The summed E-state index contributed by atoms with van der Waals surface area (Å²) in [5.74, 6) is -1.48. The molecular formula is C21H16FNO3. The molecule has 0 aliphatic heterocycles. The Hall–Kier alpha value is -3.47. The van der Waals surface area contributed by atoms with Crippen molar-refractivity contribution in [2.24, 2.45) is 0 Å². The van der Waals surface area contributed by atoms with E-state index in [0.717, 1.165) is 11.1 Å². The summed E-state index contributed by atoms with van der Waals surface area (Å²) in [5.41, 5.74) is 2.43. The monoisotopic (exact) mass is 349 g/mol. The summed E-state index contributed by atoms with van der Waals surface area (Å²) in [4.78, 5) is 24.3. The van der Waals surface area contributed by atoms with Gasteiger partial charge in [0, 0.05) is 5.69 Å². The lowest BCUT2D eigenvalue weighted by atomic mass is 10.00. The van der Waals surface area contributed by atoms with Crippen LogP contribution in [0.25, 0.3) is 11.1 Å². The lowest BCUT2D eigenvalue weighted by Crippen LogP contribution is -2.21. The van der Waals surface area contributed by atoms with E-state index in [-0.39, 0.29) is 0 Å². The molecule has 0 fully saturated rings. The molecule has 0 atom stereocenters. The molecule has 1 amide bonds. The van der Waals surface area contributed by atoms with E-state index in [1.807, 2.05) is 42.5 Å². The van der Waals surface area contributed by atoms with Crippen molar-refractivity contribution in [3.63, 3.8) is 0 Å². The molecule has 5 heteroatoms. The Labute approximate surface area is 150 Å². The maximum atomic E-state index is 12.9. The predicted octanol–water partition coefficient (Wildman–Crippen LogP) is 4.29. The number of benzene rings is 3. The van der Waals surface area contributed by atoms with Gasteiger partial charge >= 0.3 is 5.97 Å². The molecule has 3 aromatic rings. The number of hydrogen-bond acceptors (Lipinski definition) is 3. The van der Waals surface area contributed by atoms with Gasteiger partial charge < -0.3 is 10.1 Å². The zero-order valence-corrected chi connectivity index (χ0v) is 13.8. The van der Waals surface area contributed by atoms with Crippen molar-refractivity contribution in [1.29, 1.82) is 0 Å². The summed E-state index contributed by atoms with van der Waals surface area (Å²) >= 11 is 0. The van der Waals surface area contributed by atoms with E-state index in [1.54, 1.807) is 12.1 Å². The first kappa shape index (κ1) is 17.4. The van der Waals surface area contributed by atoms with E-state index in [2.05, 4.69) is 5.32 Å². The second-order valence-electron chi connectivity index (χ2n) is 5.54. The second-order valence-corrected chi connectivity index (χ2v) is 5.54. The van der Waals surface area contributed by atoms with Gasteiger partial charge in [-0.3, -0.25) is 4.79 Å². The SMILES string of the molecule is O=C(COC(=O)c1ccccc1-c1ccccc1)Nc1ccc(F)cc1. The van der Waals surface area contributed by atoms with E-state index in [9.17, 15) is 14.0 Å². The maximum absolute atomic E-state index is 12.9. The molecule has 0 bridgehead atoms. The van der Waals surface area contributed by atoms with Crippen LogP contribution in [0.5, 0.6) is 0 Å². The summed E-state index contributed by atoms with van der Waals surface area (Å²) < 4.78 is 18.0. The number of rotatable bonds is 5. The van der Waals surface area contributed by atoms with Crippen LogP contribution in [0.3, 0.4) is 0 Å². The molecule has 0 aliphatic carbocycles. The predicted molar refractivity (Wildman–Crippen MR) is 97.2 cm³/mol. The molecule has 130 valence electrons. The highest BCUT2D eigenvalue weighted by Crippen LogP contribution is 2.24. The standard InChI is InChI=1S/C21H16FNO3/c22-16-10-12-17(13-11-16)23-20(24)14-26-21(25)19-9-5-4-8-18(19)15-6-2-1-3-7-15/h1-13H,14H2,(H,23,24). The number of ether oxygens (including phenoxy) is 1. The highest BCUT2D eigenvalue weighted by atomic mass is 19.1. The first-order chi connectivity index (χ1) is 12.6. The van der Waals surface area contributed by atoms with Crippen LogP contribution in [0.2, 0.25) is 0 Å². The number of esters is 1. The van der Waals surface area contributed by atoms with Crippen molar-refractivity contribution in [3.8, 4) is 11.1 Å². The largest absolute Gasteiger partial charge is 0.452 e. The van der Waals surface area contributed by atoms with Crippen molar-refractivity contribution in [3.05, 3.63) is 90.2 Å². The van der Waals surface area contributed by atoms with Crippen LogP contribution >= 0.6 is 0 Å². The Morgan fingerprint density at radius 1 is 0.846 bits per heavy atom. The Kier molecular flexibility index (Phi) is 5.39. The van der Waals surface area contributed by atoms with Gasteiger partial charge in [0.05, 0.1) is 5.56 Å². The van der Waals surface area contributed by atoms with Crippen LogP contribution in [0.1, 0.15) is 10.4 Å². The summed E-state index contributed by atoms with van der Waals surface area (Å²) in [6.07, 6.45) is 0. The van der Waals surface area contributed by atoms with Crippen molar-refractivity contribution in [2.75, 3.05) is 11.9 Å². The highest BCUT2D eigenvalue weighted by molar-refractivity contribution is 5.99. The van der Waals surface area contributed by atoms with Gasteiger partial charge in [-0.2, -0.15) is 0 Å². The second kappa shape index (κ2) is 8.07. The highest BCUT2D eigenvalue weighted by Gasteiger charge is 2.15. The third kappa shape index (κ3) is 4.33. The Balaban J connectivity index is 1.65. The fourth-order valence-electron chi connectivity index (χ4n) is 2.47. The summed E-state index contributed by atoms with van der Waals surface area (Å²) in [6, 6.07) is 21.8. The average Bonchev–Trinajstić information content (AvgIpc) is 2.68. The molecule has 0 unspecified atom stereocenters. The Morgan fingerprint density at radius 3 is 2.23 bits per heavy atom. The molecule has 1 N–H and O–H groups in total. The number of halogens is 1. The molecule has 26 heavy (non-hydrogen) atoms. The van der Waals surface area contributed by atoms with Crippen LogP contribution < -0.4 is 5.32 Å². The van der Waals surface area contributed by atoms with E-state index < -0.39 is 24.3 Å². The fraction of sp³-hybridized carbons (Fsp3) is 0.0476. The van der Waals surface area contributed by atoms with E-state index in [0.29, 0.717) is 11.3 Å². The topological polar surface area (TPSA) is 55.4 Å². The van der Waals surface area contributed by atoms with Crippen LogP contribution in [0.4, 0.5) is 10.1 Å². The number of nitrogens with one attached hydrogen (secondary N) is 1. The minimum atomic E-state index is -0.585. The van der Waals surface area contributed by atoms with Crippen molar-refractivity contribution < 1.29 is 18.7 Å². The number of carbonyl (C=O) groups is 2. The number of carbonyl (C=O) groups excluding carboxylic acids is 2. The van der Waals surface area contributed by atoms with Crippen molar-refractivity contribution >= 4 is 17.6 Å². The normalized spacial score (nSPS) is 10.2. The number of amides is 1. The van der Waals surface area contributed by atoms with Gasteiger partial charge in [0.25, 0.3) is 5.91 Å². The smallest absolute Gasteiger partial charge is 0.339 e. The molecule has 3 rings (SSSR count). The molecule has 0 saturated heterocycles. The fourth-order valence-corrected chi connectivity index (χ4v) is 2.47. The van der Waals surface area contributed by atoms with E-state index >= 15 is 0 Å². The van der Waals surface area contributed by atoms with E-state index in [4.69, 9.17) is 4.74 Å². The number of anilines is 1. The van der Waals surface area contributed by atoms with Gasteiger partial charge in [0.1, 0.15) is 5.82 Å². The van der Waals surface area contributed by atoms with Crippen LogP contribution in [0.15, 0.2) is 78.9 Å². The third-order valence-electron chi connectivity index (χ3n) is 3.69. The maximum Gasteiger partial charge on any atom is 0.339 e. The van der Waals surface area contributed by atoms with Gasteiger partial charge in [-0.1, -0.05) is 48.5 Å². The van der Waals surface area contributed by atoms with Crippen LogP contribution in [0, 0.1) is 5.82 Å². The zero-order chi connectivity index (χ0) is 18.4. The van der Waals surface area contributed by atoms with Crippen molar-refractivity contribution in [2.45, 2.75) is 0 Å². The summed E-state index contributed by atoms with van der Waals surface area (Å²) in [7, 11) is 0. The molecule has 0 aromatic heterocycles. The number of hydrogen-bond donors (Lipinski definition) is 1. The van der Waals surface area contributed by atoms with Crippen molar-refractivity contribution in [1.82, 2.24) is 0 Å². The average molecular weight is 349 g/mol. The van der Waals surface area contributed by atoms with E-state index in [1.165, 1.54) is 24.3 Å². The molecule has 3 aromatic carbocycles. The minimum absolute atomic E-state index is 0.383. The molecule has 0 heterocycles. The Morgan fingerprint density at radius 2 is 1.50 bits per heavy atom. The van der Waals surface area contributed by atoms with Crippen LogP contribution in [-0.4, -0.2) is 18.5 Å². The van der Waals surface area contributed by atoms with Gasteiger partial charge in [-0.25, -0.2) is 9.18 Å². The van der Waals surface area contributed by atoms with Gasteiger partial charge in [0.15, 0.2) is 6.61 Å². The minimum Gasteiger partial charge on any atom is -0.452 e. The quantitative estimate of drug-likeness (QED) is 0.699. The first-order valence-electron chi connectivity index (χ1n) is 8.00. The summed E-state index contributed by atoms with van der Waals surface area (Å²) in [5, 5.41) is 2.54. The molecule has 4 nitrogen and oxygen atoms in total. The Bertz CT molecular complexity index is 908. The lowest BCUT2D eigenvalue weighted by Gasteiger charge is -2.10. The third-order valence-corrected chi connectivity index (χ3v) is 3.69.